The molecule has 0 amide bonds. The second-order valence-electron chi connectivity index (χ2n) is 4.47. The van der Waals surface area contributed by atoms with E-state index in [1.54, 1.807) is 0 Å². The summed E-state index contributed by atoms with van der Waals surface area (Å²) in [7, 11) is 0. The SMILES string of the molecule is CC(C)c1cnc(CN2CCNCC2)[nH]1. The Balaban J connectivity index is 1.91. The van der Waals surface area contributed by atoms with Gasteiger partial charge in [0.05, 0.1) is 6.54 Å². The van der Waals surface area contributed by atoms with E-state index in [-0.39, 0.29) is 0 Å². The van der Waals surface area contributed by atoms with Crippen molar-refractivity contribution in [2.45, 2.75) is 26.3 Å². The van der Waals surface area contributed by atoms with Crippen LogP contribution in [0.4, 0.5) is 0 Å². The molecule has 4 heteroatoms. The molecule has 1 aromatic heterocycles. The van der Waals surface area contributed by atoms with Gasteiger partial charge in [-0.25, -0.2) is 4.98 Å². The van der Waals surface area contributed by atoms with Gasteiger partial charge in [0.2, 0.25) is 0 Å². The number of hydrogen-bond donors (Lipinski definition) is 2. The van der Waals surface area contributed by atoms with E-state index in [9.17, 15) is 0 Å². The monoisotopic (exact) mass is 208 g/mol. The van der Waals surface area contributed by atoms with Crippen LogP contribution in [-0.2, 0) is 6.54 Å². The summed E-state index contributed by atoms with van der Waals surface area (Å²) in [4.78, 5) is 10.2. The van der Waals surface area contributed by atoms with E-state index in [0.29, 0.717) is 5.92 Å². The van der Waals surface area contributed by atoms with E-state index < -0.39 is 0 Å². The van der Waals surface area contributed by atoms with E-state index in [1.165, 1.54) is 5.69 Å². The van der Waals surface area contributed by atoms with Gasteiger partial charge in [-0.05, 0) is 5.92 Å². The molecule has 0 spiro atoms. The zero-order valence-corrected chi connectivity index (χ0v) is 9.58. The molecule has 1 aromatic rings. The maximum Gasteiger partial charge on any atom is 0.120 e. The minimum absolute atomic E-state index is 0.536. The predicted octanol–water partition coefficient (Wildman–Crippen LogP) is 0.938. The van der Waals surface area contributed by atoms with Crippen LogP contribution in [0.5, 0.6) is 0 Å². The molecule has 0 atom stereocenters. The second-order valence-corrected chi connectivity index (χ2v) is 4.47. The van der Waals surface area contributed by atoms with Gasteiger partial charge < -0.3 is 10.3 Å². The number of imidazole rings is 1. The lowest BCUT2D eigenvalue weighted by Crippen LogP contribution is -2.43. The van der Waals surface area contributed by atoms with Crippen LogP contribution in [-0.4, -0.2) is 41.0 Å². The van der Waals surface area contributed by atoms with Crippen LogP contribution in [0.2, 0.25) is 0 Å². The number of piperazine rings is 1. The molecule has 0 aliphatic carbocycles. The molecule has 1 aliphatic rings. The van der Waals surface area contributed by atoms with Gasteiger partial charge in [-0.3, -0.25) is 4.90 Å². The number of hydrogen-bond acceptors (Lipinski definition) is 3. The van der Waals surface area contributed by atoms with Crippen molar-refractivity contribution in [3.05, 3.63) is 17.7 Å². The molecule has 0 radical (unpaired) electrons. The van der Waals surface area contributed by atoms with Crippen molar-refractivity contribution < 1.29 is 0 Å². The number of aromatic nitrogens is 2. The van der Waals surface area contributed by atoms with Crippen molar-refractivity contribution in [2.24, 2.45) is 0 Å². The van der Waals surface area contributed by atoms with Gasteiger partial charge in [0.1, 0.15) is 5.82 Å². The molecular formula is C11H20N4. The molecule has 0 aromatic carbocycles. The Morgan fingerprint density at radius 1 is 1.40 bits per heavy atom. The van der Waals surface area contributed by atoms with Crippen molar-refractivity contribution in [2.75, 3.05) is 26.2 Å². The first-order valence-electron chi connectivity index (χ1n) is 5.72. The summed E-state index contributed by atoms with van der Waals surface area (Å²) in [6.07, 6.45) is 1.96. The van der Waals surface area contributed by atoms with E-state index in [2.05, 4.69) is 34.0 Å². The number of rotatable bonds is 3. The van der Waals surface area contributed by atoms with Gasteiger partial charge in [-0.1, -0.05) is 13.8 Å². The molecule has 0 unspecified atom stereocenters. The molecule has 2 rings (SSSR count). The Labute approximate surface area is 91.1 Å². The highest BCUT2D eigenvalue weighted by Crippen LogP contribution is 2.11. The third-order valence-corrected chi connectivity index (χ3v) is 2.85. The molecule has 4 nitrogen and oxygen atoms in total. The van der Waals surface area contributed by atoms with Crippen LogP contribution < -0.4 is 5.32 Å². The average Bonchev–Trinajstić information content (AvgIpc) is 2.68. The summed E-state index contributed by atoms with van der Waals surface area (Å²) < 4.78 is 0. The Kier molecular flexibility index (Phi) is 3.38. The smallest absolute Gasteiger partial charge is 0.120 e. The van der Waals surface area contributed by atoms with Crippen LogP contribution in [0.1, 0.15) is 31.3 Å². The Morgan fingerprint density at radius 2 is 2.13 bits per heavy atom. The summed E-state index contributed by atoms with van der Waals surface area (Å²) >= 11 is 0. The first-order chi connectivity index (χ1) is 7.25. The zero-order valence-electron chi connectivity index (χ0n) is 9.58. The fraction of sp³-hybridized carbons (Fsp3) is 0.727. The van der Waals surface area contributed by atoms with Gasteiger partial charge in [-0.2, -0.15) is 0 Å². The summed E-state index contributed by atoms with van der Waals surface area (Å²) in [5.74, 6) is 1.63. The minimum atomic E-state index is 0.536. The molecular weight excluding hydrogens is 188 g/mol. The molecule has 1 saturated heterocycles. The standard InChI is InChI=1S/C11H20N4/c1-9(2)10-7-13-11(14-10)8-15-5-3-12-4-6-15/h7,9,12H,3-6,8H2,1-2H3,(H,13,14). The van der Waals surface area contributed by atoms with E-state index >= 15 is 0 Å². The first-order valence-corrected chi connectivity index (χ1v) is 5.72. The highest BCUT2D eigenvalue weighted by Gasteiger charge is 2.12. The van der Waals surface area contributed by atoms with Crippen molar-refractivity contribution in [3.63, 3.8) is 0 Å². The van der Waals surface area contributed by atoms with Crippen molar-refractivity contribution in [1.82, 2.24) is 20.2 Å². The third-order valence-electron chi connectivity index (χ3n) is 2.85. The van der Waals surface area contributed by atoms with Gasteiger partial charge in [0, 0.05) is 38.1 Å². The third kappa shape index (κ3) is 2.79. The number of nitrogens with one attached hydrogen (secondary N) is 2. The van der Waals surface area contributed by atoms with E-state index in [1.807, 2.05) is 6.20 Å². The highest BCUT2D eigenvalue weighted by atomic mass is 15.2. The second kappa shape index (κ2) is 4.77. The Hall–Kier alpha value is -0.870. The maximum atomic E-state index is 4.41. The molecule has 2 N–H and O–H groups in total. The molecule has 1 aliphatic heterocycles. The van der Waals surface area contributed by atoms with Crippen LogP contribution in [0.15, 0.2) is 6.20 Å². The van der Waals surface area contributed by atoms with Crippen molar-refractivity contribution >= 4 is 0 Å². The minimum Gasteiger partial charge on any atom is -0.345 e. The average molecular weight is 208 g/mol. The van der Waals surface area contributed by atoms with Crippen molar-refractivity contribution in [1.29, 1.82) is 0 Å². The number of nitrogens with zero attached hydrogens (tertiary/aromatic N) is 2. The van der Waals surface area contributed by atoms with Crippen LogP contribution >= 0.6 is 0 Å². The van der Waals surface area contributed by atoms with Gasteiger partial charge >= 0.3 is 0 Å². The Morgan fingerprint density at radius 3 is 2.73 bits per heavy atom. The predicted molar refractivity (Wildman–Crippen MR) is 60.8 cm³/mol. The fourth-order valence-electron chi connectivity index (χ4n) is 1.83. The van der Waals surface area contributed by atoms with E-state index in [4.69, 9.17) is 0 Å². The van der Waals surface area contributed by atoms with Crippen LogP contribution in [0.3, 0.4) is 0 Å². The lowest BCUT2D eigenvalue weighted by Gasteiger charge is -2.26. The molecule has 0 saturated carbocycles. The van der Waals surface area contributed by atoms with Crippen molar-refractivity contribution in [3.8, 4) is 0 Å². The lowest BCUT2D eigenvalue weighted by atomic mass is 10.2. The fourth-order valence-corrected chi connectivity index (χ4v) is 1.83. The summed E-state index contributed by atoms with van der Waals surface area (Å²) in [6, 6.07) is 0. The quantitative estimate of drug-likeness (QED) is 0.777. The molecule has 84 valence electrons. The van der Waals surface area contributed by atoms with Gasteiger partial charge in [0.25, 0.3) is 0 Å². The Bertz CT molecular complexity index is 299. The van der Waals surface area contributed by atoms with Gasteiger partial charge in [0.15, 0.2) is 0 Å². The van der Waals surface area contributed by atoms with Crippen LogP contribution in [0, 0.1) is 0 Å². The summed E-state index contributed by atoms with van der Waals surface area (Å²) in [5, 5.41) is 3.35. The van der Waals surface area contributed by atoms with Gasteiger partial charge in [-0.15, -0.1) is 0 Å². The number of H-pyrrole nitrogens is 1. The van der Waals surface area contributed by atoms with E-state index in [0.717, 1.165) is 38.5 Å². The first kappa shape index (κ1) is 10.6. The molecule has 2 heterocycles. The molecule has 15 heavy (non-hydrogen) atoms. The molecule has 0 bridgehead atoms. The zero-order chi connectivity index (χ0) is 10.7. The maximum absolute atomic E-state index is 4.41. The normalized spacial score (nSPS) is 18.6. The molecule has 1 fully saturated rings. The topological polar surface area (TPSA) is 44.0 Å². The number of aromatic amines is 1. The largest absolute Gasteiger partial charge is 0.345 e. The summed E-state index contributed by atoms with van der Waals surface area (Å²) in [5.41, 5.74) is 1.24. The lowest BCUT2D eigenvalue weighted by molar-refractivity contribution is 0.228. The highest BCUT2D eigenvalue weighted by molar-refractivity contribution is 5.05. The van der Waals surface area contributed by atoms with Crippen LogP contribution in [0.25, 0.3) is 0 Å². The summed E-state index contributed by atoms with van der Waals surface area (Å²) in [6.45, 7) is 9.75.